The molecule has 0 heterocycles. The molecule has 0 fully saturated rings. The van der Waals surface area contributed by atoms with Crippen molar-refractivity contribution in [2.24, 2.45) is 0 Å². The quantitative estimate of drug-likeness (QED) is 0.770. The molecule has 0 atom stereocenters. The number of nitrogen functional groups attached to an aromatic ring is 1. The summed E-state index contributed by atoms with van der Waals surface area (Å²) in [7, 11) is -1.53. The SMILES string of the molecule is Cc1ccc(N)cc1S(=O)(=O)NCCN(C)C(C)C. The Bertz CT molecular complexity index is 527. The average Bonchev–Trinajstić information content (AvgIpc) is 2.31. The lowest BCUT2D eigenvalue weighted by molar-refractivity contribution is 0.278. The number of hydrogen-bond donors (Lipinski definition) is 2. The van der Waals surface area contributed by atoms with Gasteiger partial charge in [0.25, 0.3) is 0 Å². The minimum Gasteiger partial charge on any atom is -0.399 e. The third kappa shape index (κ3) is 4.49. The fourth-order valence-electron chi connectivity index (χ4n) is 1.60. The number of anilines is 1. The van der Waals surface area contributed by atoms with Gasteiger partial charge in [0.05, 0.1) is 4.90 Å². The Balaban J connectivity index is 2.74. The van der Waals surface area contributed by atoms with Crippen LogP contribution in [0.2, 0.25) is 0 Å². The third-order valence-corrected chi connectivity index (χ3v) is 4.74. The zero-order valence-electron chi connectivity index (χ0n) is 12.0. The van der Waals surface area contributed by atoms with Crippen LogP contribution in [0.15, 0.2) is 23.1 Å². The average molecular weight is 285 g/mol. The van der Waals surface area contributed by atoms with Gasteiger partial charge in [0.15, 0.2) is 0 Å². The maximum Gasteiger partial charge on any atom is 0.240 e. The van der Waals surface area contributed by atoms with Crippen molar-refractivity contribution < 1.29 is 8.42 Å². The minimum atomic E-state index is -3.49. The van der Waals surface area contributed by atoms with E-state index in [0.717, 1.165) is 0 Å². The second-order valence-corrected chi connectivity index (χ2v) is 6.73. The molecular formula is C13H23N3O2S. The summed E-state index contributed by atoms with van der Waals surface area (Å²) in [4.78, 5) is 2.33. The number of likely N-dealkylation sites (N-methyl/N-ethyl adjacent to an activating group) is 1. The molecule has 0 aliphatic heterocycles. The highest BCUT2D eigenvalue weighted by molar-refractivity contribution is 7.89. The van der Waals surface area contributed by atoms with Crippen molar-refractivity contribution in [2.75, 3.05) is 25.9 Å². The molecular weight excluding hydrogens is 262 g/mol. The molecule has 0 spiro atoms. The van der Waals surface area contributed by atoms with Gasteiger partial charge in [-0.05, 0) is 45.5 Å². The lowest BCUT2D eigenvalue weighted by Crippen LogP contribution is -2.36. The van der Waals surface area contributed by atoms with Crippen LogP contribution in [-0.4, -0.2) is 39.5 Å². The van der Waals surface area contributed by atoms with Crippen molar-refractivity contribution in [3.8, 4) is 0 Å². The first-order valence-corrected chi connectivity index (χ1v) is 7.78. The summed E-state index contributed by atoms with van der Waals surface area (Å²) in [6.45, 7) is 6.94. The number of nitrogens with two attached hydrogens (primary N) is 1. The van der Waals surface area contributed by atoms with E-state index in [2.05, 4.69) is 23.5 Å². The molecule has 0 aromatic heterocycles. The van der Waals surface area contributed by atoms with Gasteiger partial charge in [0, 0.05) is 24.8 Å². The van der Waals surface area contributed by atoms with Gasteiger partial charge in [0.1, 0.15) is 0 Å². The molecule has 0 radical (unpaired) electrons. The molecule has 1 aromatic carbocycles. The number of benzene rings is 1. The Morgan fingerprint density at radius 2 is 2.00 bits per heavy atom. The van der Waals surface area contributed by atoms with E-state index in [-0.39, 0.29) is 4.90 Å². The van der Waals surface area contributed by atoms with Crippen LogP contribution in [0.1, 0.15) is 19.4 Å². The molecule has 0 unspecified atom stereocenters. The van der Waals surface area contributed by atoms with E-state index in [1.165, 1.54) is 6.07 Å². The van der Waals surface area contributed by atoms with Crippen LogP contribution in [0.3, 0.4) is 0 Å². The Kier molecular flexibility index (Phi) is 5.34. The highest BCUT2D eigenvalue weighted by Crippen LogP contribution is 2.17. The van der Waals surface area contributed by atoms with Crippen LogP contribution in [0.4, 0.5) is 5.69 Å². The van der Waals surface area contributed by atoms with Gasteiger partial charge in [-0.15, -0.1) is 0 Å². The van der Waals surface area contributed by atoms with E-state index in [1.807, 2.05) is 7.05 Å². The van der Waals surface area contributed by atoms with E-state index < -0.39 is 10.0 Å². The zero-order chi connectivity index (χ0) is 14.6. The van der Waals surface area contributed by atoms with Gasteiger partial charge in [-0.2, -0.15) is 0 Å². The molecule has 0 saturated heterocycles. The fraction of sp³-hybridized carbons (Fsp3) is 0.538. The summed E-state index contributed by atoms with van der Waals surface area (Å²) in [6, 6.07) is 5.29. The fourth-order valence-corrected chi connectivity index (χ4v) is 2.90. The maximum absolute atomic E-state index is 12.2. The first-order chi connectivity index (χ1) is 8.74. The normalized spacial score (nSPS) is 12.3. The summed E-state index contributed by atoms with van der Waals surface area (Å²) in [6.07, 6.45) is 0. The molecule has 3 N–H and O–H groups in total. The van der Waals surface area contributed by atoms with Crippen molar-refractivity contribution in [1.82, 2.24) is 9.62 Å². The molecule has 6 heteroatoms. The van der Waals surface area contributed by atoms with Crippen molar-refractivity contribution >= 4 is 15.7 Å². The summed E-state index contributed by atoms with van der Waals surface area (Å²) in [5.41, 5.74) is 6.78. The Morgan fingerprint density at radius 3 is 2.58 bits per heavy atom. The van der Waals surface area contributed by atoms with Crippen LogP contribution in [0, 0.1) is 6.92 Å². The number of nitrogens with one attached hydrogen (secondary N) is 1. The summed E-state index contributed by atoms with van der Waals surface area (Å²) < 4.78 is 26.9. The zero-order valence-corrected chi connectivity index (χ0v) is 12.8. The standard InChI is InChI=1S/C13H23N3O2S/c1-10(2)16(4)8-7-15-19(17,18)13-9-12(14)6-5-11(13)3/h5-6,9-10,15H,7-8,14H2,1-4H3. The van der Waals surface area contributed by atoms with Crippen molar-refractivity contribution in [2.45, 2.75) is 31.7 Å². The molecule has 19 heavy (non-hydrogen) atoms. The van der Waals surface area contributed by atoms with Gasteiger partial charge >= 0.3 is 0 Å². The molecule has 5 nitrogen and oxygen atoms in total. The smallest absolute Gasteiger partial charge is 0.240 e. The highest BCUT2D eigenvalue weighted by atomic mass is 32.2. The first kappa shape index (κ1) is 15.9. The predicted molar refractivity (Wildman–Crippen MR) is 78.5 cm³/mol. The molecule has 0 saturated carbocycles. The topological polar surface area (TPSA) is 75.4 Å². The molecule has 1 aromatic rings. The van der Waals surface area contributed by atoms with Gasteiger partial charge in [-0.25, -0.2) is 13.1 Å². The monoisotopic (exact) mass is 285 g/mol. The van der Waals surface area contributed by atoms with E-state index >= 15 is 0 Å². The largest absolute Gasteiger partial charge is 0.399 e. The van der Waals surface area contributed by atoms with Gasteiger partial charge in [-0.1, -0.05) is 6.07 Å². The van der Waals surface area contributed by atoms with Crippen molar-refractivity contribution in [3.05, 3.63) is 23.8 Å². The molecule has 0 aliphatic rings. The highest BCUT2D eigenvalue weighted by Gasteiger charge is 2.16. The van der Waals surface area contributed by atoms with E-state index in [4.69, 9.17) is 5.73 Å². The summed E-state index contributed by atoms with van der Waals surface area (Å²) >= 11 is 0. The maximum atomic E-state index is 12.2. The summed E-state index contributed by atoms with van der Waals surface area (Å²) in [5, 5.41) is 0. The van der Waals surface area contributed by atoms with E-state index in [1.54, 1.807) is 19.1 Å². The van der Waals surface area contributed by atoms with Crippen LogP contribution in [0.5, 0.6) is 0 Å². The second-order valence-electron chi connectivity index (χ2n) is 5.00. The molecule has 0 amide bonds. The Labute approximate surface area is 115 Å². The van der Waals surface area contributed by atoms with Crippen LogP contribution >= 0.6 is 0 Å². The number of sulfonamides is 1. The lowest BCUT2D eigenvalue weighted by Gasteiger charge is -2.21. The lowest BCUT2D eigenvalue weighted by atomic mass is 10.2. The Morgan fingerprint density at radius 1 is 1.37 bits per heavy atom. The molecule has 108 valence electrons. The van der Waals surface area contributed by atoms with E-state index in [9.17, 15) is 8.42 Å². The number of hydrogen-bond acceptors (Lipinski definition) is 4. The number of rotatable bonds is 6. The third-order valence-electron chi connectivity index (χ3n) is 3.14. The van der Waals surface area contributed by atoms with E-state index in [0.29, 0.717) is 30.4 Å². The van der Waals surface area contributed by atoms with Gasteiger partial charge < -0.3 is 10.6 Å². The van der Waals surface area contributed by atoms with Crippen LogP contribution in [0.25, 0.3) is 0 Å². The van der Waals surface area contributed by atoms with Crippen molar-refractivity contribution in [3.63, 3.8) is 0 Å². The number of nitrogens with zero attached hydrogens (tertiary/aromatic N) is 1. The summed E-state index contributed by atoms with van der Waals surface area (Å²) in [5.74, 6) is 0. The molecule has 0 aliphatic carbocycles. The molecule has 1 rings (SSSR count). The minimum absolute atomic E-state index is 0.250. The van der Waals surface area contributed by atoms with Gasteiger partial charge in [-0.3, -0.25) is 0 Å². The number of aryl methyl sites for hydroxylation is 1. The predicted octanol–water partition coefficient (Wildman–Crippen LogP) is 1.20. The second kappa shape index (κ2) is 6.36. The van der Waals surface area contributed by atoms with Crippen molar-refractivity contribution in [1.29, 1.82) is 0 Å². The first-order valence-electron chi connectivity index (χ1n) is 6.30. The van der Waals surface area contributed by atoms with Gasteiger partial charge in [0.2, 0.25) is 10.0 Å². The van der Waals surface area contributed by atoms with Crippen LogP contribution in [-0.2, 0) is 10.0 Å². The molecule has 0 bridgehead atoms. The Hall–Kier alpha value is -1.11. The van der Waals surface area contributed by atoms with Crippen LogP contribution < -0.4 is 10.5 Å².